The summed E-state index contributed by atoms with van der Waals surface area (Å²) < 4.78 is 16.2. The summed E-state index contributed by atoms with van der Waals surface area (Å²) in [6, 6.07) is 21.2. The fourth-order valence-corrected chi connectivity index (χ4v) is 3.24. The molecule has 30 heavy (non-hydrogen) atoms. The zero-order chi connectivity index (χ0) is 21.3. The molecule has 0 aliphatic carbocycles. The number of ether oxygens (including phenoxy) is 3. The van der Waals surface area contributed by atoms with Crippen molar-refractivity contribution in [2.45, 2.75) is 19.8 Å². The molecule has 0 saturated carbocycles. The summed E-state index contributed by atoms with van der Waals surface area (Å²) in [6.45, 7) is 1.51. The van der Waals surface area contributed by atoms with E-state index in [0.29, 0.717) is 41.8 Å². The summed E-state index contributed by atoms with van der Waals surface area (Å²) in [4.78, 5) is 12.5. The molecule has 1 N–H and O–H groups in total. The third-order valence-electron chi connectivity index (χ3n) is 4.55. The van der Waals surface area contributed by atoms with Gasteiger partial charge in [-0.15, -0.1) is 0 Å². The number of carbonyl (C=O) groups excluding carboxylic acids is 1. The maximum atomic E-state index is 12.5. The summed E-state index contributed by atoms with van der Waals surface area (Å²) in [6.07, 6.45) is 0. The first kappa shape index (κ1) is 21.7. The molecule has 0 aliphatic rings. The Morgan fingerprint density at radius 2 is 1.50 bits per heavy atom. The lowest BCUT2D eigenvalue weighted by Gasteiger charge is -2.12. The number of halogens is 1. The van der Waals surface area contributed by atoms with Gasteiger partial charge in [0.2, 0.25) is 0 Å². The van der Waals surface area contributed by atoms with Gasteiger partial charge < -0.3 is 19.5 Å². The molecule has 0 unspecified atom stereocenters. The van der Waals surface area contributed by atoms with E-state index in [-0.39, 0.29) is 5.91 Å². The Balaban J connectivity index is 1.52. The molecule has 3 rings (SSSR count). The van der Waals surface area contributed by atoms with E-state index in [2.05, 4.69) is 5.32 Å². The number of nitrogens with one attached hydrogen (secondary N) is 1. The lowest BCUT2D eigenvalue weighted by atomic mass is 10.1. The molecular formula is C24H24ClNO4. The van der Waals surface area contributed by atoms with Crippen molar-refractivity contribution in [2.75, 3.05) is 14.2 Å². The molecule has 0 heterocycles. The van der Waals surface area contributed by atoms with Gasteiger partial charge >= 0.3 is 0 Å². The highest BCUT2D eigenvalue weighted by Crippen LogP contribution is 2.35. The molecule has 1 amide bonds. The quantitative estimate of drug-likeness (QED) is 0.524. The Labute approximate surface area is 181 Å². The summed E-state index contributed by atoms with van der Waals surface area (Å²) in [5, 5.41) is 3.21. The predicted octanol–water partition coefficient (Wildman–Crippen LogP) is 5.00. The highest BCUT2D eigenvalue weighted by Gasteiger charge is 2.15. The molecule has 3 aromatic rings. The van der Waals surface area contributed by atoms with E-state index < -0.39 is 0 Å². The second-order valence-corrected chi connectivity index (χ2v) is 7.08. The molecule has 6 heteroatoms. The molecule has 0 bridgehead atoms. The molecule has 156 valence electrons. The Kier molecular flexibility index (Phi) is 7.71. The zero-order valence-corrected chi connectivity index (χ0v) is 17.7. The van der Waals surface area contributed by atoms with Crippen LogP contribution >= 0.6 is 11.6 Å². The summed E-state index contributed by atoms with van der Waals surface area (Å²) in [5.41, 5.74) is 3.62. The van der Waals surface area contributed by atoms with Crippen LogP contribution < -0.4 is 14.8 Å². The highest BCUT2D eigenvalue weighted by atomic mass is 35.5. The molecule has 0 radical (unpaired) electrons. The van der Waals surface area contributed by atoms with Gasteiger partial charge in [-0.1, -0.05) is 66.2 Å². The summed E-state index contributed by atoms with van der Waals surface area (Å²) >= 11 is 6.18. The van der Waals surface area contributed by atoms with Crippen molar-refractivity contribution in [1.29, 1.82) is 0 Å². The van der Waals surface area contributed by atoms with Crippen LogP contribution in [0.1, 0.15) is 27.0 Å². The third kappa shape index (κ3) is 5.75. The highest BCUT2D eigenvalue weighted by molar-refractivity contribution is 6.32. The number of hydrogen-bond acceptors (Lipinski definition) is 4. The van der Waals surface area contributed by atoms with Crippen LogP contribution in [0.4, 0.5) is 0 Å². The average Bonchev–Trinajstić information content (AvgIpc) is 2.78. The first-order chi connectivity index (χ1) is 14.6. The van der Waals surface area contributed by atoms with E-state index >= 15 is 0 Å². The van der Waals surface area contributed by atoms with Gasteiger partial charge in [0.1, 0.15) is 0 Å². The Hall–Kier alpha value is -3.02. The number of carbonyl (C=O) groups is 1. The van der Waals surface area contributed by atoms with Crippen LogP contribution in [0.2, 0.25) is 5.02 Å². The van der Waals surface area contributed by atoms with Gasteiger partial charge in [-0.3, -0.25) is 4.79 Å². The van der Waals surface area contributed by atoms with Crippen LogP contribution in [-0.2, 0) is 24.5 Å². The van der Waals surface area contributed by atoms with E-state index in [1.807, 2.05) is 54.6 Å². The number of amides is 1. The van der Waals surface area contributed by atoms with Crippen molar-refractivity contribution in [1.82, 2.24) is 5.32 Å². The van der Waals surface area contributed by atoms with Crippen LogP contribution in [0.25, 0.3) is 0 Å². The molecule has 3 aromatic carbocycles. The van der Waals surface area contributed by atoms with Crippen molar-refractivity contribution in [2.24, 2.45) is 0 Å². The van der Waals surface area contributed by atoms with E-state index in [9.17, 15) is 4.79 Å². The maximum absolute atomic E-state index is 12.5. The molecule has 5 nitrogen and oxygen atoms in total. The minimum Gasteiger partial charge on any atom is -0.493 e. The monoisotopic (exact) mass is 425 g/mol. The first-order valence-electron chi connectivity index (χ1n) is 9.50. The fraction of sp³-hybridized carbons (Fsp3) is 0.208. The normalized spacial score (nSPS) is 10.5. The topological polar surface area (TPSA) is 56.8 Å². The van der Waals surface area contributed by atoms with Crippen LogP contribution in [0.3, 0.4) is 0 Å². The molecule has 0 aliphatic heterocycles. The number of methoxy groups -OCH3 is 2. The number of benzene rings is 3. The largest absolute Gasteiger partial charge is 0.493 e. The minimum absolute atomic E-state index is 0.242. The minimum atomic E-state index is -0.242. The second kappa shape index (κ2) is 10.7. The van der Waals surface area contributed by atoms with E-state index in [1.54, 1.807) is 12.1 Å². The van der Waals surface area contributed by atoms with Gasteiger partial charge in [0, 0.05) is 12.1 Å². The lowest BCUT2D eigenvalue weighted by molar-refractivity contribution is 0.0950. The van der Waals surface area contributed by atoms with Gasteiger partial charge in [0.05, 0.1) is 32.5 Å². The summed E-state index contributed by atoms with van der Waals surface area (Å²) in [5.74, 6) is 0.573. The Morgan fingerprint density at radius 3 is 2.13 bits per heavy atom. The van der Waals surface area contributed by atoms with E-state index in [0.717, 1.165) is 16.7 Å². The van der Waals surface area contributed by atoms with Crippen molar-refractivity contribution in [3.05, 3.63) is 94.0 Å². The van der Waals surface area contributed by atoms with Crippen molar-refractivity contribution in [3.8, 4) is 11.5 Å². The molecule has 0 spiro atoms. The van der Waals surface area contributed by atoms with Gasteiger partial charge in [0.15, 0.2) is 11.5 Å². The van der Waals surface area contributed by atoms with Crippen molar-refractivity contribution < 1.29 is 19.0 Å². The maximum Gasteiger partial charge on any atom is 0.251 e. The average molecular weight is 426 g/mol. The van der Waals surface area contributed by atoms with Crippen LogP contribution in [-0.4, -0.2) is 20.1 Å². The van der Waals surface area contributed by atoms with E-state index in [1.165, 1.54) is 14.2 Å². The van der Waals surface area contributed by atoms with Gasteiger partial charge in [0.25, 0.3) is 5.91 Å². The molecule has 0 aromatic heterocycles. The molecule has 0 saturated heterocycles. The third-order valence-corrected chi connectivity index (χ3v) is 4.83. The molecule has 0 atom stereocenters. The smallest absolute Gasteiger partial charge is 0.251 e. The van der Waals surface area contributed by atoms with E-state index in [4.69, 9.17) is 25.8 Å². The SMILES string of the molecule is COc1cc(C(=O)NCc2ccc(COCc3ccccc3)cc2)cc(Cl)c1OC. The predicted molar refractivity (Wildman–Crippen MR) is 117 cm³/mol. The second-order valence-electron chi connectivity index (χ2n) is 6.67. The molecular weight excluding hydrogens is 402 g/mol. The van der Waals surface area contributed by atoms with Crippen LogP contribution in [0.5, 0.6) is 11.5 Å². The van der Waals surface area contributed by atoms with Crippen LogP contribution in [0.15, 0.2) is 66.7 Å². The van der Waals surface area contributed by atoms with Crippen molar-refractivity contribution >= 4 is 17.5 Å². The van der Waals surface area contributed by atoms with Crippen LogP contribution in [0, 0.1) is 0 Å². The summed E-state index contributed by atoms with van der Waals surface area (Å²) in [7, 11) is 3.00. The van der Waals surface area contributed by atoms with Gasteiger partial charge in [-0.2, -0.15) is 0 Å². The Morgan fingerprint density at radius 1 is 0.867 bits per heavy atom. The van der Waals surface area contributed by atoms with Gasteiger partial charge in [-0.25, -0.2) is 0 Å². The number of hydrogen-bond donors (Lipinski definition) is 1. The Bertz CT molecular complexity index is 975. The standard InChI is InChI=1S/C24H24ClNO4/c1-28-22-13-20(12-21(25)23(22)29-2)24(27)26-14-17-8-10-19(11-9-17)16-30-15-18-6-4-3-5-7-18/h3-13H,14-16H2,1-2H3,(H,26,27). The number of rotatable bonds is 9. The lowest BCUT2D eigenvalue weighted by Crippen LogP contribution is -2.22. The zero-order valence-electron chi connectivity index (χ0n) is 17.0. The first-order valence-corrected chi connectivity index (χ1v) is 9.87. The van der Waals surface area contributed by atoms with Crippen molar-refractivity contribution in [3.63, 3.8) is 0 Å². The molecule has 0 fully saturated rings. The fourth-order valence-electron chi connectivity index (χ4n) is 2.95. The van der Waals surface area contributed by atoms with Gasteiger partial charge in [-0.05, 0) is 28.8 Å².